The molecule has 350 valence electrons. The van der Waals surface area contributed by atoms with Crippen molar-refractivity contribution >= 4 is 45.0 Å². The molecule has 3 heterocycles. The molecule has 7 aromatic rings. The number of ether oxygens (including phenoxy) is 2. The molecule has 2 N–H and O–H groups in total. The summed E-state index contributed by atoms with van der Waals surface area (Å²) in [5.74, 6) is 1.14. The Kier molecular flexibility index (Phi) is 13.4. The molecule has 0 radical (unpaired) electrons. The van der Waals surface area contributed by atoms with E-state index in [1.807, 2.05) is 109 Å². The first-order chi connectivity index (χ1) is 33.7. The monoisotopic (exact) mass is 983 g/mol. The number of imidazole rings is 1. The Morgan fingerprint density at radius 3 is 2.35 bits per heavy atom. The number of halogens is 1. The standard InChI is InChI=1S/C57H54BrN5O6/c1-57(56(66)69-36-47-45-22-10-8-20-43(45)44-21-9-11-23-46(44)47)33-40(57)18-12-24-52(64)61-49(31-38-16-6-3-7-17-38)54(65)59-41-27-25-39(26-28-41)35-68-55-50(32-42-19-13-29-67-42)62-53-48(60-51(58)34-63(53)55)30-37-14-4-2-5-15-37/h2-11,13-14,16-17,19-23,25-29,34,37,40,47,49H,12,15,18,24,30-33,35-36H2,1H3,(H,59,65)(H,61,64). The predicted octanol–water partition coefficient (Wildman–Crippen LogP) is 11.1. The van der Waals surface area contributed by atoms with E-state index in [0.29, 0.717) is 54.4 Å². The molecular weight excluding hydrogens is 931 g/mol. The van der Waals surface area contributed by atoms with Crippen LogP contribution in [0.1, 0.15) is 84.3 Å². The van der Waals surface area contributed by atoms with Gasteiger partial charge in [0.25, 0.3) is 0 Å². The van der Waals surface area contributed by atoms with Crippen LogP contribution in [-0.4, -0.2) is 44.8 Å². The van der Waals surface area contributed by atoms with E-state index in [4.69, 9.17) is 23.9 Å². The van der Waals surface area contributed by atoms with Crippen LogP contribution in [0.2, 0.25) is 0 Å². The third kappa shape index (κ3) is 10.4. The zero-order valence-electron chi connectivity index (χ0n) is 38.5. The van der Waals surface area contributed by atoms with E-state index in [0.717, 1.165) is 53.2 Å². The fourth-order valence-electron chi connectivity index (χ4n) is 9.90. The van der Waals surface area contributed by atoms with Gasteiger partial charge in [-0.2, -0.15) is 0 Å². The molecule has 3 aliphatic carbocycles. The number of benzene rings is 4. The molecule has 0 aliphatic heterocycles. The van der Waals surface area contributed by atoms with Gasteiger partial charge in [-0.25, -0.2) is 9.97 Å². The van der Waals surface area contributed by atoms with Gasteiger partial charge in [0.05, 0.1) is 23.8 Å². The summed E-state index contributed by atoms with van der Waals surface area (Å²) in [6, 6.07) is 36.8. The number of carbonyl (C=O) groups excluding carboxylic acids is 3. The van der Waals surface area contributed by atoms with Gasteiger partial charge in [-0.1, -0.05) is 115 Å². The third-order valence-electron chi connectivity index (χ3n) is 13.8. The second-order valence-electron chi connectivity index (χ2n) is 18.7. The van der Waals surface area contributed by atoms with E-state index >= 15 is 0 Å². The maximum atomic E-state index is 13.9. The topological polar surface area (TPSA) is 137 Å². The van der Waals surface area contributed by atoms with Crippen molar-refractivity contribution in [3.63, 3.8) is 0 Å². The summed E-state index contributed by atoms with van der Waals surface area (Å²) in [7, 11) is 0. The van der Waals surface area contributed by atoms with Crippen LogP contribution >= 0.6 is 15.9 Å². The lowest BCUT2D eigenvalue weighted by molar-refractivity contribution is -0.150. The van der Waals surface area contributed by atoms with Gasteiger partial charge in [0.2, 0.25) is 17.7 Å². The summed E-state index contributed by atoms with van der Waals surface area (Å²) in [5.41, 5.74) is 8.97. The number of hydrogen-bond acceptors (Lipinski definition) is 8. The molecule has 1 saturated carbocycles. The molecular formula is C57H54BrN5O6. The van der Waals surface area contributed by atoms with E-state index in [1.165, 1.54) is 22.3 Å². The van der Waals surface area contributed by atoms with Crippen LogP contribution in [0.25, 0.3) is 16.8 Å². The van der Waals surface area contributed by atoms with Crippen molar-refractivity contribution in [2.24, 2.45) is 17.3 Å². The van der Waals surface area contributed by atoms with Gasteiger partial charge in [0.15, 0.2) is 5.65 Å². The predicted molar refractivity (Wildman–Crippen MR) is 269 cm³/mol. The Hall–Kier alpha value is -7.05. The van der Waals surface area contributed by atoms with Crippen LogP contribution in [0.3, 0.4) is 0 Å². The Labute approximate surface area is 410 Å². The smallest absolute Gasteiger partial charge is 0.312 e. The van der Waals surface area contributed by atoms with Crippen molar-refractivity contribution in [1.82, 2.24) is 19.7 Å². The van der Waals surface area contributed by atoms with E-state index in [1.54, 1.807) is 6.26 Å². The zero-order valence-corrected chi connectivity index (χ0v) is 40.1. The Morgan fingerprint density at radius 2 is 1.62 bits per heavy atom. The average Bonchev–Trinajstić information content (AvgIpc) is 3.67. The third-order valence-corrected chi connectivity index (χ3v) is 14.2. The van der Waals surface area contributed by atoms with Crippen LogP contribution in [0.5, 0.6) is 5.88 Å². The molecule has 2 amide bonds. The first-order valence-electron chi connectivity index (χ1n) is 23.8. The normalized spacial score (nSPS) is 18.3. The molecule has 3 aromatic heterocycles. The quantitative estimate of drug-likeness (QED) is 0.0765. The van der Waals surface area contributed by atoms with Crippen molar-refractivity contribution in [3.05, 3.63) is 196 Å². The molecule has 1 fully saturated rings. The number of carbonyl (C=O) groups is 3. The Balaban J connectivity index is 0.741. The fourth-order valence-corrected chi connectivity index (χ4v) is 10.3. The minimum absolute atomic E-state index is 0.0104. The number of rotatable bonds is 19. The first kappa shape index (κ1) is 45.7. The minimum Gasteiger partial charge on any atom is -0.472 e. The molecule has 3 aliphatic rings. The van der Waals surface area contributed by atoms with Crippen molar-refractivity contribution in [1.29, 1.82) is 0 Å². The second-order valence-corrected chi connectivity index (χ2v) is 19.5. The number of amides is 2. The Bertz CT molecular complexity index is 2990. The van der Waals surface area contributed by atoms with Crippen LogP contribution in [0, 0.1) is 17.3 Å². The largest absolute Gasteiger partial charge is 0.472 e. The van der Waals surface area contributed by atoms with Gasteiger partial charge >= 0.3 is 5.97 Å². The molecule has 4 atom stereocenters. The van der Waals surface area contributed by atoms with Crippen molar-refractivity contribution in [3.8, 4) is 17.0 Å². The van der Waals surface area contributed by atoms with E-state index in [-0.39, 0.29) is 42.6 Å². The van der Waals surface area contributed by atoms with E-state index < -0.39 is 11.5 Å². The molecule has 12 heteroatoms. The summed E-state index contributed by atoms with van der Waals surface area (Å²) in [6.07, 6.45) is 16.8. The van der Waals surface area contributed by atoms with Gasteiger partial charge in [-0.3, -0.25) is 18.8 Å². The summed E-state index contributed by atoms with van der Waals surface area (Å²) < 4.78 is 20.9. The van der Waals surface area contributed by atoms with Crippen molar-refractivity contribution in [2.75, 3.05) is 11.9 Å². The number of furan rings is 1. The lowest BCUT2D eigenvalue weighted by Gasteiger charge is -2.19. The molecule has 10 rings (SSSR count). The van der Waals surface area contributed by atoms with E-state index in [9.17, 15) is 14.4 Å². The number of nitrogens with one attached hydrogen (secondary N) is 2. The highest BCUT2D eigenvalue weighted by atomic mass is 79.9. The minimum atomic E-state index is -0.804. The highest BCUT2D eigenvalue weighted by molar-refractivity contribution is 9.10. The number of anilines is 1. The zero-order chi connectivity index (χ0) is 47.3. The number of fused-ring (bicyclic) bond motifs is 4. The van der Waals surface area contributed by atoms with Gasteiger partial charge in [-0.15, -0.1) is 0 Å². The summed E-state index contributed by atoms with van der Waals surface area (Å²) in [6.45, 7) is 2.52. The fraction of sp³-hybridized carbons (Fsp3) is 0.281. The van der Waals surface area contributed by atoms with Crippen LogP contribution in [0.4, 0.5) is 5.69 Å². The number of aromatic nitrogens is 3. The first-order valence-corrected chi connectivity index (χ1v) is 24.6. The molecule has 4 aromatic carbocycles. The lowest BCUT2D eigenvalue weighted by Crippen LogP contribution is -2.45. The maximum Gasteiger partial charge on any atom is 0.312 e. The van der Waals surface area contributed by atoms with Crippen LogP contribution in [0.15, 0.2) is 161 Å². The van der Waals surface area contributed by atoms with Crippen LogP contribution in [-0.2, 0) is 45.0 Å². The number of allylic oxidation sites excluding steroid dienone is 4. The molecule has 0 spiro atoms. The Morgan fingerprint density at radius 1 is 0.870 bits per heavy atom. The van der Waals surface area contributed by atoms with Crippen LogP contribution < -0.4 is 15.4 Å². The highest BCUT2D eigenvalue weighted by Crippen LogP contribution is 2.56. The summed E-state index contributed by atoms with van der Waals surface area (Å²) in [5, 5.41) is 6.04. The maximum absolute atomic E-state index is 13.9. The second kappa shape index (κ2) is 20.3. The van der Waals surface area contributed by atoms with Crippen molar-refractivity contribution < 1.29 is 28.3 Å². The van der Waals surface area contributed by atoms with Gasteiger partial charge in [0, 0.05) is 37.1 Å². The SMILES string of the molecule is CC1(C(=O)OCC2c3ccccc3-c3ccccc32)CC1CCCC(=O)NC(Cc1ccccc1)C(=O)Nc1ccc(COc2c(Cc3ccco3)nc3c(CC4C=CC=CC4)nc(Br)cn23)cc1. The van der Waals surface area contributed by atoms with Gasteiger partial charge < -0.3 is 24.5 Å². The summed E-state index contributed by atoms with van der Waals surface area (Å²) >= 11 is 3.63. The molecule has 69 heavy (non-hydrogen) atoms. The number of nitrogens with zero attached hydrogens (tertiary/aromatic N) is 3. The molecule has 0 bridgehead atoms. The number of hydrogen-bond donors (Lipinski definition) is 2. The highest BCUT2D eigenvalue weighted by Gasteiger charge is 2.56. The molecule has 0 saturated heterocycles. The lowest BCUT2D eigenvalue weighted by atomic mass is 9.96. The van der Waals surface area contributed by atoms with Crippen molar-refractivity contribution in [2.45, 2.75) is 76.9 Å². The number of esters is 1. The van der Waals surface area contributed by atoms with E-state index in [2.05, 4.69) is 75.1 Å². The van der Waals surface area contributed by atoms with Gasteiger partial charge in [-0.05, 0) is 118 Å². The molecule has 11 nitrogen and oxygen atoms in total. The average molecular weight is 985 g/mol. The molecule has 4 unspecified atom stereocenters. The van der Waals surface area contributed by atoms with Gasteiger partial charge in [0.1, 0.15) is 35.3 Å². The summed E-state index contributed by atoms with van der Waals surface area (Å²) in [4.78, 5) is 50.7.